The average molecular weight is 700 g/mol. The topological polar surface area (TPSA) is 73.2 Å². The third-order valence-corrected chi connectivity index (χ3v) is 11.1. The Morgan fingerprint density at radius 2 is 0.836 bits per heavy atom. The van der Waals surface area contributed by atoms with Crippen LogP contribution in [-0.4, -0.2) is 14.1 Å². The van der Waals surface area contributed by atoms with Crippen molar-refractivity contribution in [1.82, 2.24) is 14.1 Å². The molecular weight excluding hydrogens is 671 g/mol. The van der Waals surface area contributed by atoms with Crippen LogP contribution < -0.4 is 0 Å². The van der Waals surface area contributed by atoms with E-state index in [0.29, 0.717) is 11.1 Å². The molecule has 11 aromatic rings. The number of rotatable bonds is 4. The molecule has 0 aliphatic heterocycles. The number of aromatic nitrogens is 3. The zero-order valence-corrected chi connectivity index (χ0v) is 29.5. The van der Waals surface area contributed by atoms with Gasteiger partial charge in [0.2, 0.25) is 0 Å². The Labute approximate surface area is 315 Å². The molecule has 0 saturated heterocycles. The summed E-state index contributed by atoms with van der Waals surface area (Å²) >= 11 is 0. The number of benzene rings is 8. The van der Waals surface area contributed by atoms with Crippen molar-refractivity contribution in [2.24, 2.45) is 0 Å². The van der Waals surface area contributed by atoms with Crippen LogP contribution in [0.1, 0.15) is 11.1 Å². The fourth-order valence-electron chi connectivity index (χ4n) is 8.56. The summed E-state index contributed by atoms with van der Waals surface area (Å²) in [5, 5.41) is 26.7. The van der Waals surface area contributed by atoms with E-state index in [1.54, 1.807) is 6.07 Å². The Morgan fingerprint density at radius 3 is 1.49 bits per heavy atom. The number of fused-ring (bicyclic) bond motifs is 9. The van der Waals surface area contributed by atoms with Gasteiger partial charge in [0.05, 0.1) is 33.2 Å². The van der Waals surface area contributed by atoms with Gasteiger partial charge in [0.15, 0.2) is 0 Å². The third-order valence-electron chi connectivity index (χ3n) is 11.1. The molecule has 0 aliphatic carbocycles. The second kappa shape index (κ2) is 11.8. The van der Waals surface area contributed by atoms with Gasteiger partial charge in [0.25, 0.3) is 0 Å². The molecule has 254 valence electrons. The van der Waals surface area contributed by atoms with Crippen molar-refractivity contribution in [2.75, 3.05) is 0 Å². The normalized spacial score (nSPS) is 11.6. The number of hydrogen-bond donors (Lipinski definition) is 1. The molecule has 3 aromatic heterocycles. The van der Waals surface area contributed by atoms with Crippen molar-refractivity contribution in [3.05, 3.63) is 181 Å². The molecular formula is C50H29N5. The Bertz CT molecular complexity index is 3450. The molecule has 0 aliphatic rings. The molecule has 0 fully saturated rings. The summed E-state index contributed by atoms with van der Waals surface area (Å²) in [4.78, 5) is 3.55. The highest BCUT2D eigenvalue weighted by Gasteiger charge is 2.18. The molecule has 0 amide bonds. The minimum Gasteiger partial charge on any atom is -0.355 e. The summed E-state index contributed by atoms with van der Waals surface area (Å²) in [6, 6.07) is 64.2. The Balaban J connectivity index is 1.13. The van der Waals surface area contributed by atoms with Gasteiger partial charge in [-0.05, 0) is 113 Å². The Morgan fingerprint density at radius 1 is 0.345 bits per heavy atom. The van der Waals surface area contributed by atoms with E-state index in [1.807, 2.05) is 12.1 Å². The van der Waals surface area contributed by atoms with Crippen LogP contribution in [0.4, 0.5) is 0 Å². The Hall–Kier alpha value is -7.86. The molecule has 0 radical (unpaired) electrons. The Kier molecular flexibility index (Phi) is 6.61. The van der Waals surface area contributed by atoms with Crippen LogP contribution in [0.25, 0.3) is 99.0 Å². The highest BCUT2D eigenvalue weighted by molar-refractivity contribution is 6.14. The molecule has 5 nitrogen and oxygen atoms in total. The summed E-state index contributed by atoms with van der Waals surface area (Å²) < 4.78 is 4.55. The quantitative estimate of drug-likeness (QED) is 0.199. The number of nitrogens with one attached hydrogen (secondary N) is 1. The van der Waals surface area contributed by atoms with Gasteiger partial charge in [-0.2, -0.15) is 10.5 Å². The first kappa shape index (κ1) is 30.7. The van der Waals surface area contributed by atoms with Gasteiger partial charge in [0, 0.05) is 54.7 Å². The number of nitrogens with zero attached hydrogens (tertiary/aromatic N) is 4. The molecule has 3 heterocycles. The van der Waals surface area contributed by atoms with E-state index in [4.69, 9.17) is 0 Å². The number of para-hydroxylation sites is 3. The first-order chi connectivity index (χ1) is 27.2. The largest absolute Gasteiger partial charge is 0.355 e. The van der Waals surface area contributed by atoms with Gasteiger partial charge in [-0.1, -0.05) is 78.9 Å². The van der Waals surface area contributed by atoms with Gasteiger partial charge >= 0.3 is 0 Å². The SMILES string of the molecule is N#Cc1ccc(-n2c3ccc(-c4ccc5[nH]c6ccccc6c5c4)cc3c3cc(-c4ccc5c(c4)c4ccccc4n5-c4ccccc4)ccc32)cc1C#N. The van der Waals surface area contributed by atoms with Gasteiger partial charge < -0.3 is 14.1 Å². The van der Waals surface area contributed by atoms with Crippen molar-refractivity contribution in [1.29, 1.82) is 10.5 Å². The minimum atomic E-state index is 0.359. The molecule has 0 saturated carbocycles. The number of nitriles is 2. The van der Waals surface area contributed by atoms with E-state index in [0.717, 1.165) is 66.5 Å². The van der Waals surface area contributed by atoms with Crippen LogP contribution in [0, 0.1) is 22.7 Å². The highest BCUT2D eigenvalue weighted by atomic mass is 15.0. The molecule has 5 heteroatoms. The number of aromatic amines is 1. The number of H-pyrrole nitrogens is 1. The average Bonchev–Trinajstić information content (AvgIpc) is 3.90. The van der Waals surface area contributed by atoms with Crippen molar-refractivity contribution in [3.8, 4) is 45.8 Å². The van der Waals surface area contributed by atoms with E-state index >= 15 is 0 Å². The van der Waals surface area contributed by atoms with Gasteiger partial charge in [-0.25, -0.2) is 0 Å². The van der Waals surface area contributed by atoms with E-state index in [-0.39, 0.29) is 0 Å². The summed E-state index contributed by atoms with van der Waals surface area (Å²) in [6.07, 6.45) is 0. The van der Waals surface area contributed by atoms with E-state index in [9.17, 15) is 10.5 Å². The van der Waals surface area contributed by atoms with E-state index in [2.05, 4.69) is 178 Å². The van der Waals surface area contributed by atoms with E-state index < -0.39 is 0 Å². The maximum absolute atomic E-state index is 9.94. The van der Waals surface area contributed by atoms with Crippen LogP contribution in [0.15, 0.2) is 170 Å². The monoisotopic (exact) mass is 699 g/mol. The highest BCUT2D eigenvalue weighted by Crippen LogP contribution is 2.40. The summed E-state index contributed by atoms with van der Waals surface area (Å²) in [7, 11) is 0. The van der Waals surface area contributed by atoms with Crippen LogP contribution in [0.3, 0.4) is 0 Å². The molecule has 0 unspecified atom stereocenters. The van der Waals surface area contributed by atoms with Gasteiger partial charge in [-0.3, -0.25) is 0 Å². The minimum absolute atomic E-state index is 0.359. The van der Waals surface area contributed by atoms with Crippen LogP contribution in [0.2, 0.25) is 0 Å². The molecule has 8 aromatic carbocycles. The maximum atomic E-state index is 9.94. The third kappa shape index (κ3) is 4.64. The summed E-state index contributed by atoms with van der Waals surface area (Å²) in [5.41, 5.74) is 13.9. The zero-order valence-electron chi connectivity index (χ0n) is 29.5. The predicted octanol–water partition coefficient (Wildman–Crippen LogP) is 12.6. The molecule has 0 spiro atoms. The fraction of sp³-hybridized carbons (Fsp3) is 0. The standard InChI is InChI=1S/C50H29N5/c51-29-35-14-19-38(24-36(35)30-52)55-49-22-17-33(31-15-20-46-41(25-31)39-10-4-6-12-45(39)53-46)27-43(49)44-28-34(18-23-50(44)55)32-16-21-48-42(26-32)40-11-5-7-13-47(40)54(48)37-8-2-1-3-9-37/h1-28,53H. The lowest BCUT2D eigenvalue weighted by Crippen LogP contribution is -1.96. The number of hydrogen-bond acceptors (Lipinski definition) is 2. The lowest BCUT2D eigenvalue weighted by atomic mass is 9.98. The van der Waals surface area contributed by atoms with Crippen molar-refractivity contribution in [3.63, 3.8) is 0 Å². The molecule has 1 N–H and O–H groups in total. The lowest BCUT2D eigenvalue weighted by molar-refractivity contribution is 1.17. The van der Waals surface area contributed by atoms with Crippen molar-refractivity contribution < 1.29 is 0 Å². The predicted molar refractivity (Wildman–Crippen MR) is 225 cm³/mol. The van der Waals surface area contributed by atoms with E-state index in [1.165, 1.54) is 32.6 Å². The second-order valence-electron chi connectivity index (χ2n) is 14.1. The molecule has 11 rings (SSSR count). The molecule has 0 bridgehead atoms. The summed E-state index contributed by atoms with van der Waals surface area (Å²) in [6.45, 7) is 0. The maximum Gasteiger partial charge on any atom is 0.101 e. The van der Waals surface area contributed by atoms with Gasteiger partial charge in [0.1, 0.15) is 12.1 Å². The zero-order chi connectivity index (χ0) is 36.6. The van der Waals surface area contributed by atoms with Gasteiger partial charge in [-0.15, -0.1) is 0 Å². The van der Waals surface area contributed by atoms with Crippen LogP contribution >= 0.6 is 0 Å². The van der Waals surface area contributed by atoms with Crippen molar-refractivity contribution >= 4 is 65.4 Å². The second-order valence-corrected chi connectivity index (χ2v) is 14.1. The molecule has 55 heavy (non-hydrogen) atoms. The first-order valence-corrected chi connectivity index (χ1v) is 18.3. The fourth-order valence-corrected chi connectivity index (χ4v) is 8.56. The lowest BCUT2D eigenvalue weighted by Gasteiger charge is -2.10. The summed E-state index contributed by atoms with van der Waals surface area (Å²) in [5.74, 6) is 0. The smallest absolute Gasteiger partial charge is 0.101 e. The molecule has 0 atom stereocenters. The first-order valence-electron chi connectivity index (χ1n) is 18.3. The van der Waals surface area contributed by atoms with Crippen molar-refractivity contribution in [2.45, 2.75) is 0 Å². The van der Waals surface area contributed by atoms with Crippen LogP contribution in [0.5, 0.6) is 0 Å². The van der Waals surface area contributed by atoms with Crippen LogP contribution in [-0.2, 0) is 0 Å².